The van der Waals surface area contributed by atoms with E-state index in [1.807, 2.05) is 0 Å². The van der Waals surface area contributed by atoms with Gasteiger partial charge in [-0.2, -0.15) is 0 Å². The Balaban J connectivity index is 1.57. The molecule has 0 saturated heterocycles. The van der Waals surface area contributed by atoms with Gasteiger partial charge in [-0.1, -0.05) is 60.3 Å². The number of imidazole rings is 1. The molecule has 2 heterocycles. The summed E-state index contributed by atoms with van der Waals surface area (Å²) >= 11 is 13.0. The van der Waals surface area contributed by atoms with Gasteiger partial charge in [0, 0.05) is 47.7 Å². The number of carbonyl (C=O) groups is 3. The largest absolute Gasteiger partial charge is 0.477 e. The van der Waals surface area contributed by atoms with E-state index in [1.54, 1.807) is 54.4 Å². The molecule has 2 aromatic carbocycles. The van der Waals surface area contributed by atoms with E-state index in [-0.39, 0.29) is 35.5 Å². The number of aromatic nitrogens is 2. The van der Waals surface area contributed by atoms with Crippen LogP contribution < -0.4 is 10.0 Å². The average Bonchev–Trinajstić information content (AvgIpc) is 3.33. The van der Waals surface area contributed by atoms with Crippen molar-refractivity contribution in [2.24, 2.45) is 7.05 Å². The van der Waals surface area contributed by atoms with Crippen LogP contribution in [0.3, 0.4) is 0 Å². The van der Waals surface area contributed by atoms with Crippen molar-refractivity contribution in [2.75, 3.05) is 12.8 Å². The van der Waals surface area contributed by atoms with Crippen LogP contribution >= 0.6 is 23.2 Å². The van der Waals surface area contributed by atoms with Crippen LogP contribution in [-0.2, 0) is 28.3 Å². The van der Waals surface area contributed by atoms with E-state index in [1.165, 1.54) is 10.8 Å². The SMILES string of the molecule is Cn1c(C(=O)O)cnc1CCNC(=O)[C@@H]1c2ccccc2C(=O)N([C@H]2CCCC[C@@H]2NS(C)(=O)=O)[C@H]1c1ccc(Cl)cc1Cl. The molecule has 234 valence electrons. The minimum absolute atomic E-state index is 0.0314. The Bertz CT molecular complexity index is 1710. The van der Waals surface area contributed by atoms with Crippen LogP contribution in [0.4, 0.5) is 0 Å². The maximum absolute atomic E-state index is 14.3. The molecule has 1 aliphatic heterocycles. The van der Waals surface area contributed by atoms with E-state index < -0.39 is 40.0 Å². The fourth-order valence-electron chi connectivity index (χ4n) is 6.41. The van der Waals surface area contributed by atoms with E-state index in [0.717, 1.165) is 19.1 Å². The van der Waals surface area contributed by atoms with Crippen LogP contribution in [0.5, 0.6) is 0 Å². The molecule has 1 fully saturated rings. The Morgan fingerprint density at radius 1 is 1.09 bits per heavy atom. The molecule has 2 aliphatic rings. The first-order valence-corrected chi connectivity index (χ1v) is 16.9. The minimum Gasteiger partial charge on any atom is -0.477 e. The number of fused-ring (bicyclic) bond motifs is 1. The van der Waals surface area contributed by atoms with Gasteiger partial charge in [0.25, 0.3) is 5.91 Å². The highest BCUT2D eigenvalue weighted by Crippen LogP contribution is 2.47. The molecule has 0 bridgehead atoms. The van der Waals surface area contributed by atoms with Crippen LogP contribution in [0.2, 0.25) is 10.0 Å². The zero-order valence-corrected chi connectivity index (χ0v) is 26.5. The molecule has 1 aliphatic carbocycles. The van der Waals surface area contributed by atoms with Crippen LogP contribution in [0, 0.1) is 0 Å². The van der Waals surface area contributed by atoms with Crippen molar-refractivity contribution in [3.8, 4) is 0 Å². The molecule has 1 aromatic heterocycles. The van der Waals surface area contributed by atoms with Gasteiger partial charge in [0.05, 0.1) is 24.4 Å². The van der Waals surface area contributed by atoms with Gasteiger partial charge in [0.1, 0.15) is 11.5 Å². The summed E-state index contributed by atoms with van der Waals surface area (Å²) in [6.07, 6.45) is 5.25. The molecule has 5 rings (SSSR count). The van der Waals surface area contributed by atoms with Crippen molar-refractivity contribution < 1.29 is 27.9 Å². The van der Waals surface area contributed by atoms with E-state index >= 15 is 0 Å². The third kappa shape index (κ3) is 6.49. The summed E-state index contributed by atoms with van der Waals surface area (Å²) in [5.41, 5.74) is 1.42. The molecule has 14 heteroatoms. The maximum atomic E-state index is 14.3. The van der Waals surface area contributed by atoms with Gasteiger partial charge in [0.15, 0.2) is 0 Å². The van der Waals surface area contributed by atoms with Gasteiger partial charge in [-0.05, 0) is 42.2 Å². The number of carbonyl (C=O) groups excluding carboxylic acids is 2. The van der Waals surface area contributed by atoms with Crippen molar-refractivity contribution in [3.05, 3.63) is 86.9 Å². The normalized spacial score (nSPS) is 22.0. The van der Waals surface area contributed by atoms with Crippen molar-refractivity contribution in [1.29, 1.82) is 0 Å². The molecule has 0 unspecified atom stereocenters. The first kappa shape index (κ1) is 32.0. The topological polar surface area (TPSA) is 151 Å². The quantitative estimate of drug-likeness (QED) is 0.314. The van der Waals surface area contributed by atoms with Crippen LogP contribution in [0.1, 0.15) is 75.4 Å². The lowest BCUT2D eigenvalue weighted by Gasteiger charge is -2.49. The number of benzene rings is 2. The van der Waals surface area contributed by atoms with Gasteiger partial charge in [0.2, 0.25) is 15.9 Å². The van der Waals surface area contributed by atoms with Gasteiger partial charge in [-0.3, -0.25) is 9.59 Å². The lowest BCUT2D eigenvalue weighted by atomic mass is 9.76. The Labute approximate surface area is 265 Å². The Morgan fingerprint density at radius 3 is 2.50 bits per heavy atom. The summed E-state index contributed by atoms with van der Waals surface area (Å²) < 4.78 is 28.9. The summed E-state index contributed by atoms with van der Waals surface area (Å²) in [5, 5.41) is 13.0. The number of aromatic carboxylic acids is 1. The molecule has 3 N–H and O–H groups in total. The smallest absolute Gasteiger partial charge is 0.354 e. The third-order valence-corrected chi connectivity index (χ3v) is 9.64. The number of nitrogens with zero attached hydrogens (tertiary/aromatic N) is 3. The summed E-state index contributed by atoms with van der Waals surface area (Å²) in [6.45, 7) is 0.151. The molecule has 11 nitrogen and oxygen atoms in total. The van der Waals surface area contributed by atoms with Crippen molar-refractivity contribution >= 4 is 51.0 Å². The standard InChI is InChI=1S/C30H33Cl2N5O6S/c1-36-24(30(40)41)16-34-25(36)13-14-33-28(38)26-18-7-3-4-8-19(18)29(39)37(27(26)20-12-11-17(31)15-21(20)32)23-10-6-5-9-22(23)35-44(2,42)43/h3-4,7-8,11-12,15-16,22-23,26-27,35H,5-6,9-10,13-14H2,1-2H3,(H,33,38)(H,40,41)/t22-,23-,26+,27-/m0/s1. The Morgan fingerprint density at radius 2 is 1.82 bits per heavy atom. The lowest BCUT2D eigenvalue weighted by Crippen LogP contribution is -2.59. The predicted molar refractivity (Wildman–Crippen MR) is 165 cm³/mol. The molecule has 2 amide bonds. The van der Waals surface area contributed by atoms with Crippen LogP contribution in [0.15, 0.2) is 48.7 Å². The molecular formula is C30H33Cl2N5O6S. The zero-order chi connectivity index (χ0) is 31.8. The molecule has 0 spiro atoms. The van der Waals surface area contributed by atoms with E-state index in [4.69, 9.17) is 23.2 Å². The van der Waals surface area contributed by atoms with Gasteiger partial charge >= 0.3 is 5.97 Å². The molecule has 4 atom stereocenters. The lowest BCUT2D eigenvalue weighted by molar-refractivity contribution is -0.124. The monoisotopic (exact) mass is 661 g/mol. The summed E-state index contributed by atoms with van der Waals surface area (Å²) in [7, 11) is -2.00. The maximum Gasteiger partial charge on any atom is 0.354 e. The highest BCUT2D eigenvalue weighted by molar-refractivity contribution is 7.88. The number of amides is 2. The van der Waals surface area contributed by atoms with Crippen LogP contribution in [-0.4, -0.2) is 70.6 Å². The van der Waals surface area contributed by atoms with E-state index in [2.05, 4.69) is 15.0 Å². The van der Waals surface area contributed by atoms with E-state index in [0.29, 0.717) is 40.4 Å². The first-order chi connectivity index (χ1) is 20.9. The summed E-state index contributed by atoms with van der Waals surface area (Å²) in [4.78, 5) is 45.8. The molecular weight excluding hydrogens is 629 g/mol. The number of halogens is 2. The molecule has 0 radical (unpaired) electrons. The van der Waals surface area contributed by atoms with Crippen molar-refractivity contribution in [3.63, 3.8) is 0 Å². The summed E-state index contributed by atoms with van der Waals surface area (Å²) in [5.74, 6) is -2.21. The number of hydrogen-bond acceptors (Lipinski definition) is 6. The number of carboxylic acid groups (broad SMARTS) is 1. The zero-order valence-electron chi connectivity index (χ0n) is 24.2. The second kappa shape index (κ2) is 12.9. The van der Waals surface area contributed by atoms with Gasteiger partial charge in [-0.15, -0.1) is 0 Å². The second-order valence-corrected chi connectivity index (χ2v) is 13.8. The molecule has 1 saturated carbocycles. The highest BCUT2D eigenvalue weighted by atomic mass is 35.5. The fraction of sp³-hybridized carbons (Fsp3) is 0.400. The minimum atomic E-state index is -3.60. The Kier molecular flexibility index (Phi) is 9.36. The van der Waals surface area contributed by atoms with Crippen molar-refractivity contribution in [2.45, 2.75) is 56.1 Å². The molecule has 44 heavy (non-hydrogen) atoms. The second-order valence-electron chi connectivity index (χ2n) is 11.2. The number of nitrogens with one attached hydrogen (secondary N) is 2. The summed E-state index contributed by atoms with van der Waals surface area (Å²) in [6, 6.07) is 9.84. The number of hydrogen-bond donors (Lipinski definition) is 3. The fourth-order valence-corrected chi connectivity index (χ4v) is 7.76. The first-order valence-electron chi connectivity index (χ1n) is 14.2. The predicted octanol–water partition coefficient (Wildman–Crippen LogP) is 3.93. The van der Waals surface area contributed by atoms with E-state index in [9.17, 15) is 27.9 Å². The Hall–Kier alpha value is -3.45. The number of sulfonamides is 1. The molecule has 3 aromatic rings. The average molecular weight is 663 g/mol. The van der Waals surface area contributed by atoms with Crippen molar-refractivity contribution in [1.82, 2.24) is 24.5 Å². The number of rotatable bonds is 9. The van der Waals surface area contributed by atoms with Gasteiger partial charge < -0.3 is 19.9 Å². The number of carboxylic acids is 1. The van der Waals surface area contributed by atoms with Gasteiger partial charge in [-0.25, -0.2) is 22.9 Å². The third-order valence-electron chi connectivity index (χ3n) is 8.34. The highest BCUT2D eigenvalue weighted by Gasteiger charge is 2.49. The van der Waals surface area contributed by atoms with Crippen LogP contribution in [0.25, 0.3) is 0 Å².